The van der Waals surface area contributed by atoms with Crippen LogP contribution in [0.2, 0.25) is 10.0 Å². The van der Waals surface area contributed by atoms with Crippen LogP contribution in [0.15, 0.2) is 71.8 Å². The van der Waals surface area contributed by atoms with Gasteiger partial charge in [-0.1, -0.05) is 59.6 Å². The molecule has 0 aromatic heterocycles. The molecule has 1 unspecified atom stereocenters. The highest BCUT2D eigenvalue weighted by atomic mass is 35.5. The van der Waals surface area contributed by atoms with Crippen LogP contribution in [0.1, 0.15) is 18.0 Å². The Hall–Kier alpha value is -2.95. The Morgan fingerprint density at radius 1 is 0.892 bits per heavy atom. The van der Waals surface area contributed by atoms with Gasteiger partial charge < -0.3 is 9.84 Å². The van der Waals surface area contributed by atoms with Gasteiger partial charge in [0.15, 0.2) is 0 Å². The van der Waals surface area contributed by atoms with Gasteiger partial charge in [-0.25, -0.2) is 0 Å². The van der Waals surface area contributed by atoms with Crippen molar-refractivity contribution in [1.29, 1.82) is 0 Å². The molecule has 0 saturated carbocycles. The van der Waals surface area contributed by atoms with E-state index in [0.29, 0.717) is 27.5 Å². The molecule has 37 heavy (non-hydrogen) atoms. The maximum absolute atomic E-state index is 13.6. The summed E-state index contributed by atoms with van der Waals surface area (Å²) >= 11 is 12.5. The van der Waals surface area contributed by atoms with E-state index in [4.69, 9.17) is 27.9 Å². The molecule has 12 heteroatoms. The number of rotatable bonds is 5. The number of methoxy groups -OCH3 is 1. The molecule has 4 rings (SSSR count). The molecule has 1 atom stereocenters. The van der Waals surface area contributed by atoms with Gasteiger partial charge in [0.25, 0.3) is 5.60 Å². The molecule has 1 aliphatic heterocycles. The molecule has 1 N–H and O–H groups in total. The molecule has 1 heterocycles. The van der Waals surface area contributed by atoms with E-state index >= 15 is 0 Å². The molecule has 4 nitrogen and oxygen atoms in total. The molecule has 0 fully saturated rings. The maximum atomic E-state index is 13.6. The molecule has 3 aromatic carbocycles. The fraction of sp³-hybridized carbons (Fsp3) is 0.240. The Labute approximate surface area is 217 Å². The highest BCUT2D eigenvalue weighted by Gasteiger charge is 2.74. The monoisotopic (exact) mass is 562 g/mol. The van der Waals surface area contributed by atoms with Crippen molar-refractivity contribution in [3.05, 3.63) is 82.3 Å². The van der Waals surface area contributed by atoms with Crippen molar-refractivity contribution in [3.8, 4) is 16.9 Å². The van der Waals surface area contributed by atoms with Crippen LogP contribution >= 0.6 is 23.2 Å². The lowest BCUT2D eigenvalue weighted by atomic mass is 9.89. The second-order valence-corrected chi connectivity index (χ2v) is 9.05. The third kappa shape index (κ3) is 4.85. The van der Waals surface area contributed by atoms with Gasteiger partial charge in [0.1, 0.15) is 5.75 Å². The number of hydrogen-bond donors (Lipinski definition) is 1. The molecule has 0 bridgehead atoms. The van der Waals surface area contributed by atoms with Gasteiger partial charge in [-0.05, 0) is 41.5 Å². The SMILES string of the molecule is COc1ccc(-c2ccc(C3CC(C(O)(C(F)(F)F)C(F)(F)F)=NN3c3ccccc3Cl)cc2)c(Cl)c1. The molecular formula is C25H18Cl2F6N2O2. The summed E-state index contributed by atoms with van der Waals surface area (Å²) in [6.45, 7) is 0. The first-order valence-electron chi connectivity index (χ1n) is 10.7. The zero-order chi connectivity index (χ0) is 27.2. The lowest BCUT2D eigenvalue weighted by Crippen LogP contribution is -2.62. The van der Waals surface area contributed by atoms with E-state index in [9.17, 15) is 31.4 Å². The molecule has 0 saturated heterocycles. The summed E-state index contributed by atoms with van der Waals surface area (Å²) < 4.78 is 86.8. The molecule has 196 valence electrons. The zero-order valence-electron chi connectivity index (χ0n) is 18.9. The Balaban J connectivity index is 1.77. The van der Waals surface area contributed by atoms with Crippen LogP contribution in [-0.2, 0) is 0 Å². The molecular weight excluding hydrogens is 545 g/mol. The average molecular weight is 563 g/mol. The number of nitrogens with zero attached hydrogens (tertiary/aromatic N) is 2. The van der Waals surface area contributed by atoms with Crippen molar-refractivity contribution in [3.63, 3.8) is 0 Å². The molecule has 3 aromatic rings. The van der Waals surface area contributed by atoms with Crippen LogP contribution in [0.3, 0.4) is 0 Å². The molecule has 0 aliphatic carbocycles. The first-order chi connectivity index (χ1) is 17.3. The van der Waals surface area contributed by atoms with Gasteiger partial charge in [-0.15, -0.1) is 0 Å². The number of alkyl halides is 6. The first-order valence-corrected chi connectivity index (χ1v) is 11.4. The fourth-order valence-electron chi connectivity index (χ4n) is 4.08. The average Bonchev–Trinajstić information content (AvgIpc) is 3.27. The second-order valence-electron chi connectivity index (χ2n) is 8.24. The van der Waals surface area contributed by atoms with Crippen molar-refractivity contribution < 1.29 is 36.2 Å². The highest BCUT2D eigenvalue weighted by Crippen LogP contribution is 2.49. The molecule has 1 aliphatic rings. The van der Waals surface area contributed by atoms with Gasteiger partial charge in [-0.3, -0.25) is 5.01 Å². The van der Waals surface area contributed by atoms with E-state index in [1.54, 1.807) is 48.5 Å². The van der Waals surface area contributed by atoms with E-state index in [-0.39, 0.29) is 10.7 Å². The summed E-state index contributed by atoms with van der Waals surface area (Å²) in [6.07, 6.45) is -13.0. The number of benzene rings is 3. The summed E-state index contributed by atoms with van der Waals surface area (Å²) in [6, 6.07) is 16.2. The van der Waals surface area contributed by atoms with Gasteiger partial charge >= 0.3 is 12.4 Å². The van der Waals surface area contributed by atoms with Crippen molar-refractivity contribution in [1.82, 2.24) is 0 Å². The second kappa shape index (κ2) is 9.74. The smallest absolute Gasteiger partial charge is 0.431 e. The van der Waals surface area contributed by atoms with Crippen molar-refractivity contribution in [2.24, 2.45) is 5.10 Å². The van der Waals surface area contributed by atoms with Crippen LogP contribution in [0.4, 0.5) is 32.0 Å². The minimum Gasteiger partial charge on any atom is -0.497 e. The van der Waals surface area contributed by atoms with E-state index < -0.39 is 36.1 Å². The van der Waals surface area contributed by atoms with E-state index in [2.05, 4.69) is 5.10 Å². The Morgan fingerprint density at radius 2 is 1.51 bits per heavy atom. The van der Waals surface area contributed by atoms with Crippen molar-refractivity contribution in [2.45, 2.75) is 30.4 Å². The standard InChI is InChI=1S/C25H18Cl2F6N2O2/c1-37-16-10-11-17(19(27)12-16)14-6-8-15(9-7-14)21-13-22(23(36,24(28,29)30)25(31,32)33)34-35(21)20-5-3-2-4-18(20)26/h2-12,21,36H,13H2,1H3. The third-order valence-corrected chi connectivity index (χ3v) is 6.66. The van der Waals surface area contributed by atoms with Crippen LogP contribution < -0.4 is 9.75 Å². The normalized spacial score (nSPS) is 16.6. The summed E-state index contributed by atoms with van der Waals surface area (Å²) in [5.41, 5.74) is -4.90. The van der Waals surface area contributed by atoms with Crippen molar-refractivity contribution in [2.75, 3.05) is 12.1 Å². The maximum Gasteiger partial charge on any atom is 0.431 e. The van der Waals surface area contributed by atoms with Crippen molar-refractivity contribution >= 4 is 34.6 Å². The zero-order valence-corrected chi connectivity index (χ0v) is 20.4. The quantitative estimate of drug-likeness (QED) is 0.322. The fourth-order valence-corrected chi connectivity index (χ4v) is 4.58. The van der Waals surface area contributed by atoms with E-state index in [1.807, 2.05) is 0 Å². The number of hydrogen-bond acceptors (Lipinski definition) is 4. The van der Waals surface area contributed by atoms with Gasteiger partial charge in [-0.2, -0.15) is 31.4 Å². The van der Waals surface area contributed by atoms with Crippen LogP contribution in [-0.4, -0.2) is 35.9 Å². The summed E-state index contributed by atoms with van der Waals surface area (Å²) in [5, 5.41) is 15.0. The largest absolute Gasteiger partial charge is 0.497 e. The molecule has 0 radical (unpaired) electrons. The van der Waals surface area contributed by atoms with E-state index in [1.165, 1.54) is 25.3 Å². The lowest BCUT2D eigenvalue weighted by Gasteiger charge is -2.32. The summed E-state index contributed by atoms with van der Waals surface area (Å²) in [7, 11) is 1.49. The number of halogens is 8. The number of aliphatic hydroxyl groups is 1. The molecule has 0 amide bonds. The number of anilines is 1. The number of para-hydroxylation sites is 1. The van der Waals surface area contributed by atoms with Gasteiger partial charge in [0.2, 0.25) is 0 Å². The Bertz CT molecular complexity index is 1310. The van der Waals surface area contributed by atoms with Crippen LogP contribution in [0.25, 0.3) is 11.1 Å². The minimum absolute atomic E-state index is 0.0571. The van der Waals surface area contributed by atoms with E-state index in [0.717, 1.165) is 5.01 Å². The van der Waals surface area contributed by atoms with Crippen LogP contribution in [0.5, 0.6) is 5.75 Å². The molecule has 0 spiro atoms. The topological polar surface area (TPSA) is 45.1 Å². The number of ether oxygens (including phenoxy) is 1. The van der Waals surface area contributed by atoms with Gasteiger partial charge in [0.05, 0.1) is 34.6 Å². The Morgan fingerprint density at radius 3 is 2.05 bits per heavy atom. The summed E-state index contributed by atoms with van der Waals surface area (Å²) in [5.74, 6) is 0.540. The third-order valence-electron chi connectivity index (χ3n) is 6.03. The predicted octanol–water partition coefficient (Wildman–Crippen LogP) is 7.83. The van der Waals surface area contributed by atoms with Gasteiger partial charge in [0, 0.05) is 12.0 Å². The number of hydrazone groups is 1. The minimum atomic E-state index is -6.06. The predicted molar refractivity (Wildman–Crippen MR) is 129 cm³/mol. The first kappa shape index (κ1) is 27.1. The lowest BCUT2D eigenvalue weighted by molar-refractivity contribution is -0.338. The summed E-state index contributed by atoms with van der Waals surface area (Å²) in [4.78, 5) is 0. The highest BCUT2D eigenvalue weighted by molar-refractivity contribution is 6.33. The Kier molecular flexibility index (Phi) is 7.13. The van der Waals surface area contributed by atoms with Crippen LogP contribution in [0, 0.1) is 0 Å².